The van der Waals surface area contributed by atoms with E-state index in [2.05, 4.69) is 10.1 Å². The van der Waals surface area contributed by atoms with Gasteiger partial charge >= 0.3 is 0 Å². The van der Waals surface area contributed by atoms with Crippen molar-refractivity contribution in [2.45, 2.75) is 31.7 Å². The van der Waals surface area contributed by atoms with E-state index in [1.54, 1.807) is 34.2 Å². The van der Waals surface area contributed by atoms with Crippen LogP contribution in [0.5, 0.6) is 0 Å². The lowest BCUT2D eigenvalue weighted by Crippen LogP contribution is -2.43. The van der Waals surface area contributed by atoms with Crippen LogP contribution in [0.1, 0.15) is 36.0 Å². The van der Waals surface area contributed by atoms with Gasteiger partial charge in [-0.05, 0) is 12.8 Å². The number of nitrogens with two attached hydrogens (primary N) is 1. The number of fused-ring (bicyclic) bond motifs is 1. The number of carbonyl (C=O) groups is 1. The van der Waals surface area contributed by atoms with Gasteiger partial charge in [0.15, 0.2) is 0 Å². The van der Waals surface area contributed by atoms with Gasteiger partial charge in [0.2, 0.25) is 0 Å². The molecule has 1 saturated carbocycles. The van der Waals surface area contributed by atoms with Crippen molar-refractivity contribution in [3.05, 3.63) is 30.4 Å². The summed E-state index contributed by atoms with van der Waals surface area (Å²) in [7, 11) is 0. The van der Waals surface area contributed by atoms with Gasteiger partial charge in [-0.1, -0.05) is 25.1 Å². The third-order valence-corrected chi connectivity index (χ3v) is 4.04. The average molecular weight is 303 g/mol. The number of nitrogens with zero attached hydrogens (tertiary/aromatic N) is 4. The van der Waals surface area contributed by atoms with E-state index in [4.69, 9.17) is 18.0 Å². The normalized spacial score (nSPS) is 15.4. The molecule has 0 bridgehead atoms. The molecule has 2 aromatic rings. The molecular formula is C14H17N5OS. The van der Waals surface area contributed by atoms with E-state index in [0.29, 0.717) is 22.6 Å². The van der Waals surface area contributed by atoms with E-state index < -0.39 is 0 Å². The molecule has 6 nitrogen and oxygen atoms in total. The minimum absolute atomic E-state index is 0.0716. The predicted octanol–water partition coefficient (Wildman–Crippen LogP) is 1.40. The molecule has 0 aliphatic heterocycles. The van der Waals surface area contributed by atoms with Crippen LogP contribution in [0.4, 0.5) is 0 Å². The molecule has 1 aliphatic carbocycles. The third-order valence-electron chi connectivity index (χ3n) is 3.91. The van der Waals surface area contributed by atoms with E-state index in [1.807, 2.05) is 0 Å². The molecule has 2 N–H and O–H groups in total. The molecule has 1 aliphatic rings. The molecule has 1 amide bonds. The quantitative estimate of drug-likeness (QED) is 0.864. The van der Waals surface area contributed by atoms with Gasteiger partial charge in [-0.25, -0.2) is 4.52 Å². The zero-order chi connectivity index (χ0) is 14.8. The van der Waals surface area contributed by atoms with Crippen LogP contribution in [0.3, 0.4) is 0 Å². The Morgan fingerprint density at radius 2 is 2.19 bits per heavy atom. The minimum atomic E-state index is -0.0716. The molecule has 0 spiro atoms. The molecular weight excluding hydrogens is 286 g/mol. The number of aromatic nitrogens is 3. The Kier molecular flexibility index (Phi) is 3.83. The Balaban J connectivity index is 1.94. The molecule has 2 aromatic heterocycles. The van der Waals surface area contributed by atoms with Crippen LogP contribution in [0.25, 0.3) is 5.52 Å². The van der Waals surface area contributed by atoms with Crippen molar-refractivity contribution < 1.29 is 4.79 Å². The number of hydrogen-bond donors (Lipinski definition) is 1. The van der Waals surface area contributed by atoms with Gasteiger partial charge in [-0.3, -0.25) is 9.78 Å². The second-order valence-corrected chi connectivity index (χ2v) is 5.83. The van der Waals surface area contributed by atoms with Gasteiger partial charge in [0.25, 0.3) is 5.91 Å². The summed E-state index contributed by atoms with van der Waals surface area (Å²) in [5.41, 5.74) is 6.92. The summed E-state index contributed by atoms with van der Waals surface area (Å²) in [6, 6.07) is 0.214. The van der Waals surface area contributed by atoms with Crippen LogP contribution in [0, 0.1) is 0 Å². The lowest BCUT2D eigenvalue weighted by molar-refractivity contribution is 0.0716. The van der Waals surface area contributed by atoms with Gasteiger partial charge in [0.1, 0.15) is 0 Å². The fourth-order valence-electron chi connectivity index (χ4n) is 2.90. The third kappa shape index (κ3) is 2.73. The topological polar surface area (TPSA) is 76.5 Å². The van der Waals surface area contributed by atoms with Gasteiger partial charge in [-0.15, -0.1) is 0 Å². The molecule has 110 valence electrons. The Bertz CT molecular complexity index is 677. The van der Waals surface area contributed by atoms with Crippen LogP contribution in [0.15, 0.2) is 24.8 Å². The molecule has 7 heteroatoms. The molecule has 2 heterocycles. The fourth-order valence-corrected chi connectivity index (χ4v) is 3.04. The standard InChI is InChI=1S/C14H17N5OS/c15-13(21)9-18(10-3-1-2-4-10)14(20)11-7-17-19-6-5-16-8-12(11)19/h5-8,10H,1-4,9H2,(H2,15,21). The summed E-state index contributed by atoms with van der Waals surface area (Å²) >= 11 is 5.00. The number of hydrogen-bond acceptors (Lipinski definition) is 4. The maximum Gasteiger partial charge on any atom is 0.258 e. The zero-order valence-electron chi connectivity index (χ0n) is 11.6. The maximum absolute atomic E-state index is 12.9. The van der Waals surface area contributed by atoms with Crippen LogP contribution in [-0.4, -0.2) is 43.0 Å². The summed E-state index contributed by atoms with van der Waals surface area (Å²) < 4.78 is 1.65. The highest BCUT2D eigenvalue weighted by Gasteiger charge is 2.29. The minimum Gasteiger partial charge on any atom is -0.392 e. The number of thiocarbonyl (C=S) groups is 1. The van der Waals surface area contributed by atoms with Crippen molar-refractivity contribution in [2.75, 3.05) is 6.54 Å². The summed E-state index contributed by atoms with van der Waals surface area (Å²) in [6.45, 7) is 0.316. The fraction of sp³-hybridized carbons (Fsp3) is 0.429. The highest BCUT2D eigenvalue weighted by molar-refractivity contribution is 7.80. The predicted molar refractivity (Wildman–Crippen MR) is 83.1 cm³/mol. The first kappa shape index (κ1) is 13.9. The average Bonchev–Trinajstić information content (AvgIpc) is 3.13. The molecule has 0 radical (unpaired) electrons. The second-order valence-electron chi connectivity index (χ2n) is 5.30. The molecule has 0 unspecified atom stereocenters. The van der Waals surface area contributed by atoms with E-state index in [0.717, 1.165) is 25.7 Å². The van der Waals surface area contributed by atoms with Gasteiger partial charge < -0.3 is 10.6 Å². The lowest BCUT2D eigenvalue weighted by Gasteiger charge is -2.28. The molecule has 1 fully saturated rings. The lowest BCUT2D eigenvalue weighted by atomic mass is 10.1. The summed E-state index contributed by atoms with van der Waals surface area (Å²) in [5, 5.41) is 4.19. The Morgan fingerprint density at radius 1 is 1.43 bits per heavy atom. The van der Waals surface area contributed by atoms with Crippen molar-refractivity contribution in [1.29, 1.82) is 0 Å². The van der Waals surface area contributed by atoms with E-state index >= 15 is 0 Å². The van der Waals surface area contributed by atoms with Crippen LogP contribution >= 0.6 is 12.2 Å². The van der Waals surface area contributed by atoms with Gasteiger partial charge in [0.05, 0.1) is 35.0 Å². The Hall–Kier alpha value is -2.02. The Labute approximate surface area is 127 Å². The first-order chi connectivity index (χ1) is 10.2. The maximum atomic E-state index is 12.9. The SMILES string of the molecule is NC(=S)CN(C(=O)c1cnn2ccncc12)C1CCCC1. The molecule has 3 rings (SSSR count). The van der Waals surface area contributed by atoms with E-state index in [9.17, 15) is 4.79 Å². The molecule has 21 heavy (non-hydrogen) atoms. The number of carbonyl (C=O) groups excluding carboxylic acids is 1. The van der Waals surface area contributed by atoms with Crippen LogP contribution in [-0.2, 0) is 0 Å². The van der Waals surface area contributed by atoms with Gasteiger partial charge in [-0.2, -0.15) is 5.10 Å². The summed E-state index contributed by atoms with van der Waals surface area (Å²) in [6.07, 6.45) is 10.9. The Morgan fingerprint density at radius 3 is 2.90 bits per heavy atom. The van der Waals surface area contributed by atoms with Crippen LogP contribution < -0.4 is 5.73 Å². The van der Waals surface area contributed by atoms with Crippen molar-refractivity contribution in [1.82, 2.24) is 19.5 Å². The second kappa shape index (κ2) is 5.77. The van der Waals surface area contributed by atoms with Crippen molar-refractivity contribution in [3.63, 3.8) is 0 Å². The largest absolute Gasteiger partial charge is 0.392 e. The van der Waals surface area contributed by atoms with Crippen molar-refractivity contribution in [2.24, 2.45) is 5.73 Å². The first-order valence-corrected chi connectivity index (χ1v) is 7.44. The molecule has 0 aromatic carbocycles. The first-order valence-electron chi connectivity index (χ1n) is 7.03. The van der Waals surface area contributed by atoms with Crippen LogP contribution in [0.2, 0.25) is 0 Å². The zero-order valence-corrected chi connectivity index (χ0v) is 12.4. The summed E-state index contributed by atoms with van der Waals surface area (Å²) in [5.74, 6) is -0.0716. The highest BCUT2D eigenvalue weighted by Crippen LogP contribution is 2.25. The van der Waals surface area contributed by atoms with E-state index in [1.165, 1.54) is 0 Å². The van der Waals surface area contributed by atoms with E-state index in [-0.39, 0.29) is 11.9 Å². The van der Waals surface area contributed by atoms with Gasteiger partial charge in [0, 0.05) is 18.4 Å². The smallest absolute Gasteiger partial charge is 0.258 e. The molecule has 0 saturated heterocycles. The summed E-state index contributed by atoms with van der Waals surface area (Å²) in [4.78, 5) is 19.1. The monoisotopic (exact) mass is 303 g/mol. The number of rotatable bonds is 4. The van der Waals surface area contributed by atoms with Crippen molar-refractivity contribution >= 4 is 28.6 Å². The molecule has 0 atom stereocenters. The number of amides is 1. The highest BCUT2D eigenvalue weighted by atomic mass is 32.1. The van der Waals surface area contributed by atoms with Crippen molar-refractivity contribution in [3.8, 4) is 0 Å².